The van der Waals surface area contributed by atoms with Crippen molar-refractivity contribution in [1.29, 1.82) is 0 Å². The second kappa shape index (κ2) is 15.1. The monoisotopic (exact) mass is 716 g/mol. The predicted octanol–water partition coefficient (Wildman–Crippen LogP) is 9.53. The van der Waals surface area contributed by atoms with Gasteiger partial charge < -0.3 is 9.47 Å². The van der Waals surface area contributed by atoms with E-state index in [4.69, 9.17) is 19.5 Å². The van der Waals surface area contributed by atoms with Crippen LogP contribution in [-0.2, 0) is 38.2 Å². The zero-order valence-corrected chi connectivity index (χ0v) is 27.3. The molecule has 2 aromatic carbocycles. The first-order chi connectivity index (χ1) is 20.4. The molecule has 0 saturated heterocycles. The van der Waals surface area contributed by atoms with E-state index in [1.54, 1.807) is 0 Å². The van der Waals surface area contributed by atoms with E-state index in [1.165, 1.54) is 24.0 Å². The van der Waals surface area contributed by atoms with Gasteiger partial charge in [0.15, 0.2) is 11.8 Å². The number of hydrogen-bond donors (Lipinski definition) is 0. The van der Waals surface area contributed by atoms with E-state index in [9.17, 15) is 25.2 Å². The molecule has 0 N–H and O–H groups in total. The Morgan fingerprint density at radius 3 is 1.61 bits per heavy atom. The summed E-state index contributed by atoms with van der Waals surface area (Å²) in [6, 6.07) is 20.6. The average molecular weight is 718 g/mol. The Labute approximate surface area is 266 Å². The van der Waals surface area contributed by atoms with Crippen LogP contribution in [0.15, 0.2) is 89.4 Å². The molecule has 0 radical (unpaired) electrons. The molecule has 0 spiro atoms. The van der Waals surface area contributed by atoms with E-state index in [2.05, 4.69) is 98.1 Å². The molecule has 5 rings (SSSR count). The van der Waals surface area contributed by atoms with Crippen molar-refractivity contribution in [1.82, 2.24) is 4.57 Å². The van der Waals surface area contributed by atoms with Crippen molar-refractivity contribution in [2.75, 3.05) is 13.2 Å². The second-order valence-corrected chi connectivity index (χ2v) is 12.5. The summed E-state index contributed by atoms with van der Waals surface area (Å²) in [6.07, 6.45) is 8.82. The van der Waals surface area contributed by atoms with Gasteiger partial charge in [-0.15, -0.1) is 0 Å². The Hall–Kier alpha value is -2.59. The Kier molecular flexibility index (Phi) is 12.9. The Morgan fingerprint density at radius 1 is 0.864 bits per heavy atom. The summed E-state index contributed by atoms with van der Waals surface area (Å²) in [6.45, 7) is 8.62. The van der Waals surface area contributed by atoms with E-state index in [-0.39, 0.29) is 12.1 Å². The van der Waals surface area contributed by atoms with Crippen molar-refractivity contribution in [3.8, 4) is 0 Å². The fourth-order valence-electron chi connectivity index (χ4n) is 4.19. The third-order valence-electron chi connectivity index (χ3n) is 6.33. The summed E-state index contributed by atoms with van der Waals surface area (Å²) in [5.74, 6) is 1.41. The number of unbranched alkanes of at least 4 members (excludes halogenated alkanes) is 1. The summed E-state index contributed by atoms with van der Waals surface area (Å²) in [5.41, 5.74) is 1.88. The maximum atomic E-state index is 9.87. The number of rotatable bonds is 7. The molecule has 2 aliphatic heterocycles. The molecule has 1 aromatic heterocycles. The van der Waals surface area contributed by atoms with Crippen LogP contribution in [0.3, 0.4) is 0 Å². The summed E-state index contributed by atoms with van der Waals surface area (Å²) in [7, 11) is -4.41. The number of aryl methyl sites for hydroxylation is 2. The number of hydrogen-bond acceptors (Lipinski definition) is 4. The van der Waals surface area contributed by atoms with Gasteiger partial charge in [-0.2, -0.15) is 0 Å². The van der Waals surface area contributed by atoms with Gasteiger partial charge in [-0.25, -0.2) is 19.1 Å². The molecule has 44 heavy (non-hydrogen) atoms. The van der Waals surface area contributed by atoms with E-state index >= 15 is 0 Å². The second-order valence-electron chi connectivity index (χ2n) is 10.6. The number of aromatic nitrogens is 2. The van der Waals surface area contributed by atoms with Gasteiger partial charge in [0, 0.05) is 0 Å². The van der Waals surface area contributed by atoms with Crippen LogP contribution >= 0.6 is 17.9 Å². The minimum absolute atomic E-state index is 0.0439. The summed E-state index contributed by atoms with van der Waals surface area (Å²) in [5, 5.41) is 0. The number of aliphatic imine (C=N–C) groups is 2. The van der Waals surface area contributed by atoms with Crippen LogP contribution in [0.4, 0.5) is 25.2 Å². The van der Waals surface area contributed by atoms with Crippen molar-refractivity contribution >= 4 is 29.7 Å². The van der Waals surface area contributed by atoms with Gasteiger partial charge in [0.05, 0.1) is 13.6 Å². The first kappa shape index (κ1) is 37.6. The third kappa shape index (κ3) is 14.0. The van der Waals surface area contributed by atoms with E-state index in [1.807, 2.05) is 43.4 Å². The van der Waals surface area contributed by atoms with Gasteiger partial charge in [0.2, 0.25) is 6.33 Å². The topological polar surface area (TPSA) is 52.0 Å². The fourth-order valence-corrected chi connectivity index (χ4v) is 4.19. The maximum absolute atomic E-state index is 10.7. The average Bonchev–Trinajstić information content (AvgIpc) is 3.74. The molecule has 0 bridgehead atoms. The molecule has 250 valence electrons. The quantitative estimate of drug-likeness (QED) is 0.106. The van der Waals surface area contributed by atoms with Crippen LogP contribution in [0.5, 0.6) is 0 Å². The van der Waals surface area contributed by atoms with Gasteiger partial charge >= 0.3 is 58.2 Å². The van der Waals surface area contributed by atoms with Crippen LogP contribution in [0.25, 0.3) is 0 Å². The normalized spacial score (nSPS) is 19.1. The van der Waals surface area contributed by atoms with E-state index in [0.29, 0.717) is 25.0 Å². The van der Waals surface area contributed by atoms with Crippen molar-refractivity contribution in [3.05, 3.63) is 90.5 Å². The van der Waals surface area contributed by atoms with Gasteiger partial charge in [-0.1, -0.05) is 74.0 Å². The van der Waals surface area contributed by atoms with Crippen molar-refractivity contribution in [2.24, 2.45) is 22.4 Å². The third-order valence-corrected chi connectivity index (χ3v) is 6.33. The van der Waals surface area contributed by atoms with Crippen LogP contribution in [0, 0.1) is 5.41 Å². The molecule has 15 heteroatoms. The summed E-state index contributed by atoms with van der Waals surface area (Å²) < 4.78 is 75.3. The van der Waals surface area contributed by atoms with Crippen molar-refractivity contribution < 1.29 is 54.3 Å². The van der Waals surface area contributed by atoms with E-state index < -0.39 is 13.2 Å². The number of ether oxygens (including phenoxy) is 2. The summed E-state index contributed by atoms with van der Waals surface area (Å²) >= 11 is 3.66. The number of benzene rings is 2. The van der Waals surface area contributed by atoms with Crippen LogP contribution < -0.4 is 4.57 Å². The molecule has 6 nitrogen and oxygen atoms in total. The molecule has 0 amide bonds. The van der Waals surface area contributed by atoms with E-state index in [0.717, 1.165) is 6.54 Å². The molecule has 0 fully saturated rings. The molecular weight excluding hydrogens is 680 g/mol. The molecule has 3 aromatic rings. The van der Waals surface area contributed by atoms with Crippen LogP contribution in [0.2, 0.25) is 0 Å². The number of imidazole rings is 1. The first-order valence-corrected chi connectivity index (χ1v) is 17.0. The zero-order chi connectivity index (χ0) is 33.1. The molecular formula is C29H37ClCuF6N4O2P. The number of nitrogens with zero attached hydrogens (tertiary/aromatic N) is 4. The molecule has 0 saturated carbocycles. The standard InChI is InChI=1S/C21H22N2O2.C8H15N2.ClH.Cu.F6P/c1-21(2,19-22-17(13-24-19)15-9-5-3-6-10-15)20-23-18(14-25-20)16-11-7-4-8-12-16;1-3-4-5-10-7-6-9(2)8-10;;;1-7(2,3,4,5)6/h3-12,17-18H,13-14H2,1-2H3;6-8H,3-5H2,1-2H3;1H;;/q;+1;;+1;-1/p-1/t17-,18-;;;;/m0..../s1. The van der Waals surface area contributed by atoms with Crippen molar-refractivity contribution in [3.63, 3.8) is 0 Å². The predicted molar refractivity (Wildman–Crippen MR) is 159 cm³/mol. The summed E-state index contributed by atoms with van der Waals surface area (Å²) in [4.78, 5) is 9.61. The molecule has 0 unspecified atom stereocenters. The fraction of sp³-hybridized carbons (Fsp3) is 0.414. The van der Waals surface area contributed by atoms with Gasteiger partial charge in [-0.05, 0) is 31.4 Å². The Morgan fingerprint density at radius 2 is 1.27 bits per heavy atom. The Balaban J connectivity index is 0.000000293. The van der Waals surface area contributed by atoms with Gasteiger partial charge in [0.25, 0.3) is 0 Å². The van der Waals surface area contributed by atoms with Crippen LogP contribution in [0.1, 0.15) is 56.8 Å². The minimum atomic E-state index is -10.7. The Bertz CT molecular complexity index is 1300. The molecule has 2 atom stereocenters. The van der Waals surface area contributed by atoms with Gasteiger partial charge in [0.1, 0.15) is 43.1 Å². The molecule has 2 aliphatic rings. The SMILES string of the molecule is CC(C)(C1=N[C@H](c2ccccc2)CO1)C1=N[C@H](c2ccccc2)CO1.CCCCn1cc[n+](C)c1.F[P-](F)(F)(F)(F)F.[Cl][Cu]. The first-order valence-electron chi connectivity index (χ1n) is 13.6. The van der Waals surface area contributed by atoms with Crippen molar-refractivity contribution in [2.45, 2.75) is 52.2 Å². The zero-order valence-electron chi connectivity index (χ0n) is 24.7. The van der Waals surface area contributed by atoms with Crippen LogP contribution in [-0.4, -0.2) is 29.6 Å². The number of halogens is 7. The molecule has 3 heterocycles. The van der Waals surface area contributed by atoms with Gasteiger partial charge in [-0.3, -0.25) is 0 Å². The molecule has 0 aliphatic carbocycles.